The van der Waals surface area contributed by atoms with Crippen molar-refractivity contribution in [2.45, 2.75) is 52.5 Å². The Labute approximate surface area is 107 Å². The Hall–Kier alpha value is 0.704. The van der Waals surface area contributed by atoms with E-state index >= 15 is 0 Å². The van der Waals surface area contributed by atoms with Crippen molar-refractivity contribution in [2.75, 3.05) is 19.0 Å². The minimum Gasteiger partial charge on any atom is -0.395 e. The number of rotatable bonds is 9. The van der Waals surface area contributed by atoms with Crippen molar-refractivity contribution in [1.29, 1.82) is 0 Å². The molecule has 0 aliphatic rings. The molecule has 16 heavy (non-hydrogen) atoms. The average Bonchev–Trinajstić information content (AvgIpc) is 2.12. The first kappa shape index (κ1) is 16.7. The van der Waals surface area contributed by atoms with Crippen molar-refractivity contribution in [3.63, 3.8) is 0 Å². The molecule has 0 aromatic carbocycles. The molecule has 0 aliphatic heterocycles. The number of hydrogen-bond acceptors (Lipinski definition) is 3. The zero-order valence-corrected chi connectivity index (χ0v) is 14.6. The molecule has 0 saturated carbocycles. The van der Waals surface area contributed by atoms with Crippen molar-refractivity contribution < 1.29 is 8.85 Å². The van der Waals surface area contributed by atoms with Crippen LogP contribution in [0, 0.1) is 0 Å². The third-order valence-electron chi connectivity index (χ3n) is 2.21. The molecule has 0 aromatic rings. The van der Waals surface area contributed by atoms with Crippen molar-refractivity contribution in [2.24, 2.45) is 0 Å². The van der Waals surface area contributed by atoms with E-state index < -0.39 is 15.8 Å². The quantitative estimate of drug-likeness (QED) is 0.468. The van der Waals surface area contributed by atoms with Crippen LogP contribution in [0.4, 0.5) is 0 Å². The summed E-state index contributed by atoms with van der Waals surface area (Å²) < 4.78 is 11.6. The minimum atomic E-state index is -1.84. The van der Waals surface area contributed by atoms with Gasteiger partial charge in [-0.3, -0.25) is 0 Å². The van der Waals surface area contributed by atoms with Crippen LogP contribution in [0.1, 0.15) is 20.3 Å². The fourth-order valence-corrected chi connectivity index (χ4v) is 7.41. The van der Waals surface area contributed by atoms with E-state index in [9.17, 15) is 0 Å². The average molecular weight is 281 g/mol. The highest BCUT2D eigenvalue weighted by molar-refractivity contribution is 8.28. The van der Waals surface area contributed by atoms with Crippen LogP contribution >= 0.6 is 11.2 Å². The van der Waals surface area contributed by atoms with Crippen LogP contribution in [0.2, 0.25) is 32.2 Å². The summed E-state index contributed by atoms with van der Waals surface area (Å²) in [7, 11) is -2.78. The highest BCUT2D eigenvalue weighted by atomic mass is 32.4. The SMILES string of the molecule is CCO[Si](C)(CCCS[Si](C)(C)C)OCC. The van der Waals surface area contributed by atoms with Gasteiger partial charge in [0.15, 0.2) is 0 Å². The summed E-state index contributed by atoms with van der Waals surface area (Å²) in [6.07, 6.45) is 1.23. The molecule has 0 aliphatic carbocycles. The van der Waals surface area contributed by atoms with Gasteiger partial charge in [0.05, 0.1) is 0 Å². The zero-order valence-electron chi connectivity index (χ0n) is 11.8. The molecule has 0 aromatic heterocycles. The molecule has 0 unspecified atom stereocenters. The molecular formula is C11H28O2SSi2. The molecule has 0 heterocycles. The molecule has 0 amide bonds. The second-order valence-corrected chi connectivity index (χ2v) is 17.9. The fraction of sp³-hybridized carbons (Fsp3) is 1.00. The van der Waals surface area contributed by atoms with E-state index in [0.29, 0.717) is 0 Å². The summed E-state index contributed by atoms with van der Waals surface area (Å²) in [5.41, 5.74) is 0. The molecule has 0 N–H and O–H groups in total. The molecule has 2 nitrogen and oxygen atoms in total. The standard InChI is InChI=1S/C11H28O2SSi2/c1-7-12-16(6,13-8-2)11-9-10-14-15(3,4)5/h7-11H2,1-6H3. The van der Waals surface area contributed by atoms with Crippen LogP contribution in [-0.2, 0) is 8.85 Å². The molecule has 0 atom stereocenters. The highest BCUT2D eigenvalue weighted by Gasteiger charge is 2.30. The van der Waals surface area contributed by atoms with Crippen LogP contribution in [0.5, 0.6) is 0 Å². The maximum atomic E-state index is 5.82. The fourth-order valence-electron chi connectivity index (χ4n) is 1.57. The maximum Gasteiger partial charge on any atom is 0.334 e. The van der Waals surface area contributed by atoms with Gasteiger partial charge >= 0.3 is 8.56 Å². The van der Waals surface area contributed by atoms with Crippen LogP contribution < -0.4 is 0 Å². The molecule has 0 rings (SSSR count). The lowest BCUT2D eigenvalue weighted by atomic mass is 10.6. The summed E-state index contributed by atoms with van der Waals surface area (Å²) in [5, 5.41) is 0. The third-order valence-corrected chi connectivity index (χ3v) is 9.84. The Morgan fingerprint density at radius 1 is 0.938 bits per heavy atom. The Morgan fingerprint density at radius 3 is 1.81 bits per heavy atom. The first-order valence-electron chi connectivity index (χ1n) is 6.25. The lowest BCUT2D eigenvalue weighted by Gasteiger charge is -2.26. The second kappa shape index (κ2) is 7.92. The van der Waals surface area contributed by atoms with Crippen molar-refractivity contribution >= 4 is 27.0 Å². The maximum absolute atomic E-state index is 5.82. The molecule has 5 heteroatoms. The molecule has 0 radical (unpaired) electrons. The van der Waals surface area contributed by atoms with Crippen molar-refractivity contribution in [3.8, 4) is 0 Å². The Kier molecular flexibility index (Phi) is 8.27. The summed E-state index contributed by atoms with van der Waals surface area (Å²) >= 11 is 2.16. The molecular weight excluding hydrogens is 252 g/mol. The molecule has 0 fully saturated rings. The van der Waals surface area contributed by atoms with Crippen molar-refractivity contribution in [3.05, 3.63) is 0 Å². The largest absolute Gasteiger partial charge is 0.395 e. The van der Waals surface area contributed by atoms with Gasteiger partial charge in [-0.2, -0.15) is 11.2 Å². The lowest BCUT2D eigenvalue weighted by Crippen LogP contribution is -2.38. The van der Waals surface area contributed by atoms with E-state index in [0.717, 1.165) is 19.3 Å². The summed E-state index contributed by atoms with van der Waals surface area (Å²) in [4.78, 5) is 0. The van der Waals surface area contributed by atoms with Gasteiger partial charge in [-0.25, -0.2) is 0 Å². The van der Waals surface area contributed by atoms with Gasteiger partial charge in [-0.1, -0.05) is 19.6 Å². The second-order valence-electron chi connectivity index (χ2n) is 5.06. The van der Waals surface area contributed by atoms with Gasteiger partial charge in [0.2, 0.25) is 0 Å². The summed E-state index contributed by atoms with van der Waals surface area (Å²) in [5.74, 6) is 1.26. The monoisotopic (exact) mass is 280 g/mol. The summed E-state index contributed by atoms with van der Waals surface area (Å²) in [6.45, 7) is 15.1. The normalized spacial score (nSPS) is 13.1. The smallest absolute Gasteiger partial charge is 0.334 e. The van der Waals surface area contributed by atoms with Gasteiger partial charge in [0.25, 0.3) is 0 Å². The van der Waals surface area contributed by atoms with Crippen LogP contribution in [0.25, 0.3) is 0 Å². The Morgan fingerprint density at radius 2 is 1.44 bits per heavy atom. The van der Waals surface area contributed by atoms with E-state index in [2.05, 4.69) is 51.2 Å². The third kappa shape index (κ3) is 8.81. The van der Waals surface area contributed by atoms with Crippen LogP contribution in [-0.4, -0.2) is 34.8 Å². The first-order chi connectivity index (χ1) is 7.33. The van der Waals surface area contributed by atoms with Gasteiger partial charge in [-0.15, -0.1) is 0 Å². The Bertz CT molecular complexity index is 177. The lowest BCUT2D eigenvalue weighted by molar-refractivity contribution is 0.189. The Balaban J connectivity index is 3.84. The number of hydrogen-bond donors (Lipinski definition) is 0. The van der Waals surface area contributed by atoms with E-state index in [4.69, 9.17) is 8.85 Å². The summed E-state index contributed by atoms with van der Waals surface area (Å²) in [6, 6.07) is 1.13. The van der Waals surface area contributed by atoms with Gasteiger partial charge < -0.3 is 8.85 Å². The predicted octanol–water partition coefficient (Wildman–Crippen LogP) is 4.09. The minimum absolute atomic E-state index is 0.782. The van der Waals surface area contributed by atoms with Gasteiger partial charge in [0.1, 0.15) is 7.22 Å². The zero-order chi connectivity index (χ0) is 12.7. The molecule has 0 spiro atoms. The van der Waals surface area contributed by atoms with Crippen LogP contribution in [0.3, 0.4) is 0 Å². The molecule has 0 bridgehead atoms. The first-order valence-corrected chi connectivity index (χ1v) is 14.0. The molecule has 98 valence electrons. The van der Waals surface area contributed by atoms with Gasteiger partial charge in [-0.05, 0) is 38.6 Å². The van der Waals surface area contributed by atoms with Crippen molar-refractivity contribution in [1.82, 2.24) is 0 Å². The predicted molar refractivity (Wildman–Crippen MR) is 80.1 cm³/mol. The van der Waals surface area contributed by atoms with Crippen LogP contribution in [0.15, 0.2) is 0 Å². The van der Waals surface area contributed by atoms with E-state index in [1.54, 1.807) is 0 Å². The topological polar surface area (TPSA) is 18.5 Å². The highest BCUT2D eigenvalue weighted by Crippen LogP contribution is 2.23. The molecule has 0 saturated heterocycles. The van der Waals surface area contributed by atoms with E-state index in [1.165, 1.54) is 12.2 Å². The van der Waals surface area contributed by atoms with E-state index in [1.807, 2.05) is 0 Å². The van der Waals surface area contributed by atoms with E-state index in [-0.39, 0.29) is 0 Å². The van der Waals surface area contributed by atoms with Gasteiger partial charge in [0, 0.05) is 13.2 Å².